The molecule has 0 aromatic carbocycles. The van der Waals surface area contributed by atoms with Crippen molar-refractivity contribution in [1.82, 2.24) is 20.3 Å². The predicted octanol–water partition coefficient (Wildman–Crippen LogP) is -1.16. The van der Waals surface area contributed by atoms with Crippen molar-refractivity contribution in [3.05, 3.63) is 26.1 Å². The van der Waals surface area contributed by atoms with Gasteiger partial charge in [0.2, 0.25) is 5.95 Å². The van der Waals surface area contributed by atoms with Crippen molar-refractivity contribution in [3.63, 3.8) is 0 Å². The third-order valence-electron chi connectivity index (χ3n) is 2.83. The Labute approximate surface area is 118 Å². The van der Waals surface area contributed by atoms with E-state index in [2.05, 4.69) is 20.3 Å². The zero-order valence-electron chi connectivity index (χ0n) is 11.1. The second-order valence-corrected chi connectivity index (χ2v) is 4.16. The Kier molecular flexibility index (Phi) is 4.37. The number of methoxy groups -OCH3 is 1. The first-order chi connectivity index (χ1) is 10.0. The van der Waals surface area contributed by atoms with Crippen molar-refractivity contribution in [1.29, 1.82) is 0 Å². The fourth-order valence-electron chi connectivity index (χ4n) is 1.84. The topological polar surface area (TPSA) is 149 Å². The zero-order valence-corrected chi connectivity index (χ0v) is 11.1. The Morgan fingerprint density at radius 1 is 1.19 bits per heavy atom. The molecule has 0 saturated carbocycles. The fourth-order valence-corrected chi connectivity index (χ4v) is 1.84. The maximum absolute atomic E-state index is 10.8. The summed E-state index contributed by atoms with van der Waals surface area (Å²) in [6.07, 6.45) is -2.25. The Balaban J connectivity index is 2.41. The van der Waals surface area contributed by atoms with E-state index < -0.39 is 21.8 Å². The summed E-state index contributed by atoms with van der Waals surface area (Å²) in [5.41, 5.74) is 0. The lowest BCUT2D eigenvalue weighted by Gasteiger charge is -2.27. The smallest absolute Gasteiger partial charge is 0.467 e. The largest absolute Gasteiger partial charge is 0.509 e. The highest BCUT2D eigenvalue weighted by atomic mass is 16.7. The molecule has 0 spiro atoms. The molecule has 12 heteroatoms. The van der Waals surface area contributed by atoms with Crippen molar-refractivity contribution < 1.29 is 14.6 Å². The Morgan fingerprint density at radius 2 is 1.81 bits per heavy atom. The average molecular weight is 299 g/mol. The van der Waals surface area contributed by atoms with Gasteiger partial charge in [-0.15, -0.1) is 0 Å². The van der Waals surface area contributed by atoms with E-state index in [1.807, 2.05) is 0 Å². The molecule has 0 unspecified atom stereocenters. The molecule has 0 atom stereocenters. The van der Waals surface area contributed by atoms with E-state index in [1.165, 1.54) is 7.11 Å². The number of rotatable bonds is 5. The van der Waals surface area contributed by atoms with Crippen LogP contribution in [-0.2, 0) is 0 Å². The highest BCUT2D eigenvalue weighted by molar-refractivity contribution is 5.32. The number of piperazine rings is 1. The summed E-state index contributed by atoms with van der Waals surface area (Å²) in [4.78, 5) is 32.8. The summed E-state index contributed by atoms with van der Waals surface area (Å²) < 4.78 is 4.85. The minimum absolute atomic E-state index is 0.132. The lowest BCUT2D eigenvalue weighted by atomic mass is 10.4. The van der Waals surface area contributed by atoms with Gasteiger partial charge in [-0.25, -0.2) is 0 Å². The second kappa shape index (κ2) is 6.21. The fraction of sp³-hybridized carbons (Fsp3) is 0.667. The van der Waals surface area contributed by atoms with Crippen LogP contribution in [0.4, 0.5) is 5.95 Å². The van der Waals surface area contributed by atoms with Gasteiger partial charge in [-0.05, 0) is 0 Å². The highest BCUT2D eigenvalue weighted by Gasteiger charge is 2.39. The summed E-state index contributed by atoms with van der Waals surface area (Å²) in [6.45, 7) is 2.54. The molecule has 0 radical (unpaired) electrons. The number of nitrogens with one attached hydrogen (secondary N) is 1. The molecule has 1 N–H and O–H groups in total. The van der Waals surface area contributed by atoms with Gasteiger partial charge in [0.1, 0.15) is 9.85 Å². The molecule has 0 amide bonds. The van der Waals surface area contributed by atoms with E-state index in [4.69, 9.17) is 4.74 Å². The predicted molar refractivity (Wildman–Crippen MR) is 68.2 cm³/mol. The highest BCUT2D eigenvalue weighted by Crippen LogP contribution is 2.19. The van der Waals surface area contributed by atoms with Crippen LogP contribution in [0, 0.1) is 20.2 Å². The van der Waals surface area contributed by atoms with Crippen molar-refractivity contribution >= 4 is 5.95 Å². The molecule has 0 aliphatic carbocycles. The number of hydrogen-bond acceptors (Lipinski definition) is 10. The third-order valence-corrected chi connectivity index (χ3v) is 2.83. The van der Waals surface area contributed by atoms with E-state index in [0.29, 0.717) is 26.2 Å². The standard InChI is InChI=1S/C9H13N7O5/c1-21-9-12-6(7(15(17)18)16(19)20)11-8(13-9)14-4-2-10-3-5-14/h7,10H,2-5H2,1H3. The van der Waals surface area contributed by atoms with E-state index in [9.17, 15) is 20.2 Å². The van der Waals surface area contributed by atoms with E-state index in [0.717, 1.165) is 0 Å². The van der Waals surface area contributed by atoms with Crippen LogP contribution in [0.5, 0.6) is 6.01 Å². The number of nitro groups is 2. The molecule has 1 saturated heterocycles. The van der Waals surface area contributed by atoms with Crippen LogP contribution in [0.2, 0.25) is 0 Å². The molecule has 1 aromatic heterocycles. The zero-order chi connectivity index (χ0) is 15.4. The first-order valence-electron chi connectivity index (χ1n) is 6.05. The van der Waals surface area contributed by atoms with Crippen LogP contribution < -0.4 is 15.0 Å². The van der Waals surface area contributed by atoms with Crippen LogP contribution in [0.3, 0.4) is 0 Å². The third kappa shape index (κ3) is 3.28. The van der Waals surface area contributed by atoms with Crippen LogP contribution in [0.25, 0.3) is 0 Å². The summed E-state index contributed by atoms with van der Waals surface area (Å²) in [7, 11) is 1.27. The first kappa shape index (κ1) is 14.8. The van der Waals surface area contributed by atoms with Crippen molar-refractivity contribution in [2.75, 3.05) is 38.2 Å². The normalized spacial score (nSPS) is 15.0. The van der Waals surface area contributed by atoms with E-state index >= 15 is 0 Å². The van der Waals surface area contributed by atoms with E-state index in [1.54, 1.807) is 4.90 Å². The average Bonchev–Trinajstić information content (AvgIpc) is 2.47. The van der Waals surface area contributed by atoms with Crippen molar-refractivity contribution in [3.8, 4) is 6.01 Å². The molecule has 1 aromatic rings. The summed E-state index contributed by atoms with van der Waals surface area (Å²) >= 11 is 0. The molecule has 1 aliphatic heterocycles. The maximum Gasteiger partial charge on any atom is 0.509 e. The van der Waals surface area contributed by atoms with Gasteiger partial charge in [0.05, 0.1) is 7.11 Å². The molecule has 2 heterocycles. The van der Waals surface area contributed by atoms with Crippen LogP contribution >= 0.6 is 0 Å². The van der Waals surface area contributed by atoms with Gasteiger partial charge in [-0.3, -0.25) is 20.2 Å². The number of nitrogens with zero attached hydrogens (tertiary/aromatic N) is 6. The molecule has 2 rings (SSSR count). The molecule has 21 heavy (non-hydrogen) atoms. The lowest BCUT2D eigenvalue weighted by molar-refractivity contribution is -0.754. The molecule has 1 fully saturated rings. The molecular weight excluding hydrogens is 286 g/mol. The number of anilines is 1. The molecule has 1 aliphatic rings. The van der Waals surface area contributed by atoms with Crippen LogP contribution in [0.15, 0.2) is 0 Å². The Hall–Kier alpha value is -2.63. The quantitative estimate of drug-likeness (QED) is 0.400. The lowest BCUT2D eigenvalue weighted by Crippen LogP contribution is -2.44. The SMILES string of the molecule is COc1nc(C([N+](=O)[O-])[N+](=O)[O-])nc(N2CCNCC2)n1. The minimum Gasteiger partial charge on any atom is -0.467 e. The first-order valence-corrected chi connectivity index (χ1v) is 6.05. The molecular formula is C9H13N7O5. The summed E-state index contributed by atoms with van der Waals surface area (Å²) in [5, 5.41) is 24.8. The molecule has 12 nitrogen and oxygen atoms in total. The van der Waals surface area contributed by atoms with Gasteiger partial charge in [-0.2, -0.15) is 15.0 Å². The molecule has 0 bridgehead atoms. The minimum atomic E-state index is -2.25. The van der Waals surface area contributed by atoms with Crippen molar-refractivity contribution in [2.45, 2.75) is 6.17 Å². The van der Waals surface area contributed by atoms with Gasteiger partial charge in [0, 0.05) is 26.2 Å². The Morgan fingerprint density at radius 3 is 2.33 bits per heavy atom. The van der Waals surface area contributed by atoms with Gasteiger partial charge in [-0.1, -0.05) is 0 Å². The van der Waals surface area contributed by atoms with Gasteiger partial charge in [0.25, 0.3) is 5.82 Å². The Bertz CT molecular complexity index is 533. The van der Waals surface area contributed by atoms with Gasteiger partial charge < -0.3 is 15.0 Å². The van der Waals surface area contributed by atoms with Crippen LogP contribution in [-0.4, -0.2) is 58.1 Å². The van der Waals surface area contributed by atoms with Gasteiger partial charge in [0.15, 0.2) is 0 Å². The molecule has 114 valence electrons. The monoisotopic (exact) mass is 299 g/mol. The maximum atomic E-state index is 10.8. The second-order valence-electron chi connectivity index (χ2n) is 4.16. The van der Waals surface area contributed by atoms with E-state index in [-0.39, 0.29) is 12.0 Å². The number of aromatic nitrogens is 3. The number of ether oxygens (including phenoxy) is 1. The summed E-state index contributed by atoms with van der Waals surface area (Å²) in [6, 6.07) is -0.192. The van der Waals surface area contributed by atoms with Gasteiger partial charge >= 0.3 is 12.2 Å². The van der Waals surface area contributed by atoms with Crippen molar-refractivity contribution in [2.24, 2.45) is 0 Å². The summed E-state index contributed by atoms with van der Waals surface area (Å²) in [5.74, 6) is -0.419. The number of hydrogen-bond donors (Lipinski definition) is 1. The van der Waals surface area contributed by atoms with Crippen LogP contribution in [0.1, 0.15) is 12.0 Å².